The monoisotopic (exact) mass is 338 g/mol. The normalized spacial score (nSPS) is 16.9. The Kier molecular flexibility index (Phi) is 5.84. The molecule has 1 aromatic rings. The van der Waals surface area contributed by atoms with E-state index < -0.39 is 6.10 Å². The van der Waals surface area contributed by atoms with Crippen LogP contribution in [-0.2, 0) is 4.74 Å². The molecule has 2 rings (SSSR count). The molecule has 1 atom stereocenters. The van der Waals surface area contributed by atoms with E-state index in [-0.39, 0.29) is 0 Å². The van der Waals surface area contributed by atoms with Gasteiger partial charge in [-0.15, -0.1) is 0 Å². The lowest BCUT2D eigenvalue weighted by Gasteiger charge is -2.17. The van der Waals surface area contributed by atoms with Gasteiger partial charge in [0.05, 0.1) is 30.1 Å². The molecule has 108 valence electrons. The third-order valence-electron chi connectivity index (χ3n) is 3.46. The first kappa shape index (κ1) is 15.3. The Balaban J connectivity index is 1.79. The molecule has 0 aliphatic heterocycles. The van der Waals surface area contributed by atoms with Gasteiger partial charge in [0.2, 0.25) is 0 Å². The number of halogens is 1. The molecular formula is C15H19BrN2O2. The number of hydrogen-bond donors (Lipinski definition) is 2. The number of aliphatic hydroxyl groups is 1. The van der Waals surface area contributed by atoms with Crippen LogP contribution in [0.15, 0.2) is 22.7 Å². The summed E-state index contributed by atoms with van der Waals surface area (Å²) in [6.07, 6.45) is 4.39. The van der Waals surface area contributed by atoms with Crippen molar-refractivity contribution in [1.82, 2.24) is 0 Å². The molecule has 1 aliphatic rings. The predicted molar refractivity (Wildman–Crippen MR) is 81.6 cm³/mol. The van der Waals surface area contributed by atoms with Crippen molar-refractivity contribution in [2.75, 3.05) is 18.5 Å². The summed E-state index contributed by atoms with van der Waals surface area (Å²) in [6, 6.07) is 7.53. The molecule has 4 nitrogen and oxygen atoms in total. The van der Waals surface area contributed by atoms with Gasteiger partial charge in [-0.1, -0.05) is 28.8 Å². The van der Waals surface area contributed by atoms with Crippen LogP contribution in [0.2, 0.25) is 0 Å². The molecule has 0 saturated heterocycles. The summed E-state index contributed by atoms with van der Waals surface area (Å²) in [7, 11) is 0. The van der Waals surface area contributed by atoms with Gasteiger partial charge in [-0.3, -0.25) is 0 Å². The number of rotatable bonds is 6. The quantitative estimate of drug-likeness (QED) is 0.836. The zero-order valence-electron chi connectivity index (χ0n) is 11.3. The van der Waals surface area contributed by atoms with Gasteiger partial charge in [-0.05, 0) is 31.0 Å². The van der Waals surface area contributed by atoms with E-state index in [0.29, 0.717) is 24.8 Å². The number of nitrogens with one attached hydrogen (secondary N) is 1. The van der Waals surface area contributed by atoms with Crippen LogP contribution < -0.4 is 5.32 Å². The molecule has 1 unspecified atom stereocenters. The van der Waals surface area contributed by atoms with E-state index >= 15 is 0 Å². The Morgan fingerprint density at radius 2 is 2.20 bits per heavy atom. The molecule has 20 heavy (non-hydrogen) atoms. The van der Waals surface area contributed by atoms with Gasteiger partial charge in [-0.25, -0.2) is 0 Å². The van der Waals surface area contributed by atoms with Crippen molar-refractivity contribution in [2.24, 2.45) is 0 Å². The summed E-state index contributed by atoms with van der Waals surface area (Å²) in [4.78, 5) is 0. The van der Waals surface area contributed by atoms with E-state index in [1.165, 1.54) is 12.8 Å². The van der Waals surface area contributed by atoms with Gasteiger partial charge in [0.15, 0.2) is 0 Å². The fourth-order valence-electron chi connectivity index (χ4n) is 2.35. The second kappa shape index (κ2) is 7.63. The van der Waals surface area contributed by atoms with Gasteiger partial charge in [-0.2, -0.15) is 5.26 Å². The fraction of sp³-hybridized carbons (Fsp3) is 0.533. The Morgan fingerprint density at radius 1 is 1.45 bits per heavy atom. The molecule has 0 bridgehead atoms. The van der Waals surface area contributed by atoms with Crippen LogP contribution in [0.5, 0.6) is 0 Å². The first-order valence-corrected chi connectivity index (χ1v) is 7.71. The topological polar surface area (TPSA) is 65.3 Å². The Bertz CT molecular complexity index is 481. The second-order valence-electron chi connectivity index (χ2n) is 5.08. The summed E-state index contributed by atoms with van der Waals surface area (Å²) in [5.41, 5.74) is 1.29. The zero-order valence-corrected chi connectivity index (χ0v) is 12.9. The van der Waals surface area contributed by atoms with Crippen LogP contribution in [0.4, 0.5) is 5.69 Å². The maximum Gasteiger partial charge on any atom is 0.101 e. The van der Waals surface area contributed by atoms with E-state index in [2.05, 4.69) is 27.3 Å². The lowest BCUT2D eigenvalue weighted by atomic mass is 10.2. The highest BCUT2D eigenvalue weighted by Gasteiger charge is 2.17. The number of hydrogen-bond acceptors (Lipinski definition) is 4. The maximum atomic E-state index is 9.92. The Labute approximate surface area is 127 Å². The van der Waals surface area contributed by atoms with Crippen molar-refractivity contribution < 1.29 is 9.84 Å². The number of anilines is 1. The zero-order chi connectivity index (χ0) is 14.4. The molecule has 2 N–H and O–H groups in total. The second-order valence-corrected chi connectivity index (χ2v) is 5.99. The molecule has 1 fully saturated rings. The molecule has 1 aromatic carbocycles. The maximum absolute atomic E-state index is 9.92. The first-order valence-electron chi connectivity index (χ1n) is 6.92. The number of nitriles is 1. The van der Waals surface area contributed by atoms with Crippen LogP contribution >= 0.6 is 15.9 Å². The van der Waals surface area contributed by atoms with E-state index in [4.69, 9.17) is 10.00 Å². The molecule has 0 radical (unpaired) electrons. The van der Waals surface area contributed by atoms with E-state index in [9.17, 15) is 5.11 Å². The number of benzene rings is 1. The smallest absolute Gasteiger partial charge is 0.101 e. The largest absolute Gasteiger partial charge is 0.389 e. The molecule has 0 aromatic heterocycles. The molecule has 5 heteroatoms. The number of nitrogens with zero attached hydrogens (tertiary/aromatic N) is 1. The van der Waals surface area contributed by atoms with Gasteiger partial charge in [0, 0.05) is 11.0 Å². The summed E-state index contributed by atoms with van der Waals surface area (Å²) in [6.45, 7) is 0.714. The summed E-state index contributed by atoms with van der Waals surface area (Å²) < 4.78 is 6.57. The van der Waals surface area contributed by atoms with Crippen LogP contribution in [0.3, 0.4) is 0 Å². The van der Waals surface area contributed by atoms with Crippen LogP contribution in [0.1, 0.15) is 31.2 Å². The molecule has 0 heterocycles. The minimum atomic E-state index is -0.568. The van der Waals surface area contributed by atoms with Gasteiger partial charge in [0.25, 0.3) is 0 Å². The third-order valence-corrected chi connectivity index (χ3v) is 3.95. The van der Waals surface area contributed by atoms with Crippen molar-refractivity contribution >= 4 is 21.6 Å². The van der Waals surface area contributed by atoms with E-state index in [1.54, 1.807) is 6.07 Å². The highest BCUT2D eigenvalue weighted by atomic mass is 79.9. The van der Waals surface area contributed by atoms with Crippen LogP contribution in [0, 0.1) is 11.3 Å². The van der Waals surface area contributed by atoms with Crippen molar-refractivity contribution in [3.63, 3.8) is 0 Å². The van der Waals surface area contributed by atoms with Gasteiger partial charge < -0.3 is 15.2 Å². The standard InChI is InChI=1S/C15H19BrN2O2/c16-12-6-5-11(8-17)15(7-12)18-9-13(19)10-20-14-3-1-2-4-14/h5-7,13-14,18-19H,1-4,9-10H2. The van der Waals surface area contributed by atoms with Crippen LogP contribution in [-0.4, -0.2) is 30.5 Å². The van der Waals surface area contributed by atoms with Gasteiger partial charge >= 0.3 is 0 Å². The Hall–Kier alpha value is -1.09. The predicted octanol–water partition coefficient (Wildman–Crippen LogP) is 3.05. The third kappa shape index (κ3) is 4.48. The highest BCUT2D eigenvalue weighted by Crippen LogP contribution is 2.22. The molecule has 0 spiro atoms. The van der Waals surface area contributed by atoms with Crippen LogP contribution in [0.25, 0.3) is 0 Å². The summed E-state index contributed by atoms with van der Waals surface area (Å²) >= 11 is 3.37. The summed E-state index contributed by atoms with van der Waals surface area (Å²) in [5.74, 6) is 0. The fourth-order valence-corrected chi connectivity index (χ4v) is 2.71. The highest BCUT2D eigenvalue weighted by molar-refractivity contribution is 9.10. The molecule has 0 amide bonds. The van der Waals surface area contributed by atoms with Crippen molar-refractivity contribution in [2.45, 2.75) is 37.9 Å². The minimum absolute atomic E-state index is 0.310. The van der Waals surface area contributed by atoms with Crippen molar-refractivity contribution in [3.05, 3.63) is 28.2 Å². The average Bonchev–Trinajstić information content (AvgIpc) is 2.96. The first-order chi connectivity index (χ1) is 9.69. The van der Waals surface area contributed by atoms with Gasteiger partial charge in [0.1, 0.15) is 6.07 Å². The summed E-state index contributed by atoms with van der Waals surface area (Å²) in [5, 5.41) is 22.0. The minimum Gasteiger partial charge on any atom is -0.389 e. The number of aliphatic hydroxyl groups excluding tert-OH is 1. The molecular weight excluding hydrogens is 320 g/mol. The average molecular weight is 339 g/mol. The van der Waals surface area contributed by atoms with E-state index in [1.807, 2.05) is 12.1 Å². The van der Waals surface area contributed by atoms with Crippen molar-refractivity contribution in [3.8, 4) is 6.07 Å². The van der Waals surface area contributed by atoms with E-state index in [0.717, 1.165) is 23.0 Å². The van der Waals surface area contributed by atoms with Crippen molar-refractivity contribution in [1.29, 1.82) is 5.26 Å². The lowest BCUT2D eigenvalue weighted by molar-refractivity contribution is -0.00117. The molecule has 1 saturated carbocycles. The Morgan fingerprint density at radius 3 is 2.90 bits per heavy atom. The lowest BCUT2D eigenvalue weighted by Crippen LogP contribution is -2.27. The SMILES string of the molecule is N#Cc1ccc(Br)cc1NCC(O)COC1CCCC1. The molecule has 1 aliphatic carbocycles. The number of ether oxygens (including phenoxy) is 1.